The van der Waals surface area contributed by atoms with Gasteiger partial charge in [-0.3, -0.25) is 0 Å². The number of hydrogen-bond donors (Lipinski definition) is 0. The zero-order chi connectivity index (χ0) is 21.5. The molecule has 3 rings (SSSR count). The highest BCUT2D eigenvalue weighted by Gasteiger charge is 2.54. The second-order valence-electron chi connectivity index (χ2n) is 9.79. The maximum atomic E-state index is 6.03. The molecule has 2 fully saturated rings. The van der Waals surface area contributed by atoms with E-state index in [0.717, 1.165) is 24.2 Å². The molecule has 2 heterocycles. The van der Waals surface area contributed by atoms with E-state index in [9.17, 15) is 0 Å². The fourth-order valence-corrected chi connectivity index (χ4v) is 3.07. The molecule has 0 unspecified atom stereocenters. The molecule has 1 aromatic rings. The Morgan fingerprint density at radius 3 is 1.76 bits per heavy atom. The Hall–Kier alpha value is -1.05. The maximum absolute atomic E-state index is 6.03. The Bertz CT molecular complexity index is 687. The molecule has 1 aromatic carbocycles. The average molecular weight is 404 g/mol. The van der Waals surface area contributed by atoms with Gasteiger partial charge in [0.1, 0.15) is 5.75 Å². The van der Waals surface area contributed by atoms with Gasteiger partial charge in [0.15, 0.2) is 0 Å². The molecule has 2 aliphatic heterocycles. The van der Waals surface area contributed by atoms with E-state index < -0.39 is 25.8 Å². The van der Waals surface area contributed by atoms with Crippen molar-refractivity contribution in [1.29, 1.82) is 0 Å². The fraction of sp³-hybridized carbons (Fsp3) is 0.714. The van der Waals surface area contributed by atoms with E-state index in [1.165, 1.54) is 0 Å². The molecule has 0 N–H and O–H groups in total. The lowest BCUT2D eigenvalue weighted by Gasteiger charge is -2.31. The Labute approximate surface area is 175 Å². The summed E-state index contributed by atoms with van der Waals surface area (Å²) in [6.45, 7) is 16.6. The fourth-order valence-electron chi connectivity index (χ4n) is 3.07. The Morgan fingerprint density at radius 2 is 1.21 bits per heavy atom. The van der Waals surface area contributed by atoms with Gasteiger partial charge in [-0.2, -0.15) is 0 Å². The van der Waals surface area contributed by atoms with Crippen LogP contribution in [-0.4, -0.2) is 43.7 Å². The number of aryl methyl sites for hydroxylation is 1. The maximum Gasteiger partial charge on any atom is 0.714 e. The summed E-state index contributed by atoms with van der Waals surface area (Å²) in [5.74, 6) is 0.765. The second kappa shape index (κ2) is 7.89. The molecule has 160 valence electrons. The first-order valence-corrected chi connectivity index (χ1v) is 10.4. The van der Waals surface area contributed by atoms with Crippen molar-refractivity contribution in [2.24, 2.45) is 0 Å². The lowest BCUT2D eigenvalue weighted by molar-refractivity contribution is 0.00578. The minimum Gasteiger partial charge on any atom is -0.512 e. The summed E-state index contributed by atoms with van der Waals surface area (Å²) in [7, 11) is -1.35. The van der Waals surface area contributed by atoms with E-state index >= 15 is 0 Å². The molecule has 0 aliphatic carbocycles. The zero-order valence-electron chi connectivity index (χ0n) is 19.0. The van der Waals surface area contributed by atoms with Crippen LogP contribution >= 0.6 is 0 Å². The van der Waals surface area contributed by atoms with Gasteiger partial charge < -0.3 is 27.9 Å². The van der Waals surface area contributed by atoms with Gasteiger partial charge in [0.2, 0.25) is 0 Å². The third kappa shape index (κ3) is 4.83. The minimum absolute atomic E-state index is 0.388. The van der Waals surface area contributed by atoms with Gasteiger partial charge in [-0.1, -0.05) is 18.2 Å². The molecule has 6 nitrogen and oxygen atoms in total. The van der Waals surface area contributed by atoms with Gasteiger partial charge >= 0.3 is 14.6 Å². The summed E-state index contributed by atoms with van der Waals surface area (Å²) in [4.78, 5) is 0. The molecule has 2 aliphatic rings. The highest BCUT2D eigenvalue weighted by atomic mass is 16.8. The molecule has 0 spiro atoms. The van der Waals surface area contributed by atoms with Crippen LogP contribution in [0.5, 0.6) is 5.75 Å². The molecule has 0 radical (unpaired) electrons. The first-order valence-electron chi connectivity index (χ1n) is 10.4. The first-order chi connectivity index (χ1) is 13.3. The van der Waals surface area contributed by atoms with Crippen molar-refractivity contribution in [2.45, 2.75) is 90.6 Å². The van der Waals surface area contributed by atoms with Crippen LogP contribution in [0.1, 0.15) is 67.4 Å². The molecule has 29 heavy (non-hydrogen) atoms. The van der Waals surface area contributed by atoms with Crippen LogP contribution in [0.2, 0.25) is 0 Å². The van der Waals surface area contributed by atoms with Gasteiger partial charge in [0, 0.05) is 6.61 Å². The quantitative estimate of drug-likeness (QED) is 0.502. The molecule has 2 saturated heterocycles. The van der Waals surface area contributed by atoms with Crippen molar-refractivity contribution in [3.05, 3.63) is 29.8 Å². The third-order valence-electron chi connectivity index (χ3n) is 6.50. The Balaban J connectivity index is 1.51. The van der Waals surface area contributed by atoms with Crippen molar-refractivity contribution in [3.63, 3.8) is 0 Å². The predicted octanol–water partition coefficient (Wildman–Crippen LogP) is 4.19. The van der Waals surface area contributed by atoms with Crippen LogP contribution in [0.3, 0.4) is 0 Å². The topological polar surface area (TPSA) is 55.4 Å². The molecule has 0 amide bonds. The Kier molecular flexibility index (Phi) is 6.16. The zero-order valence-corrected chi connectivity index (χ0v) is 19.0. The number of hydrogen-bond acceptors (Lipinski definition) is 6. The van der Waals surface area contributed by atoms with E-state index in [2.05, 4.69) is 6.07 Å². The highest BCUT2D eigenvalue weighted by Crippen LogP contribution is 2.38. The van der Waals surface area contributed by atoms with Gasteiger partial charge in [-0.05, 0) is 79.9 Å². The van der Waals surface area contributed by atoms with Crippen molar-refractivity contribution in [1.82, 2.24) is 0 Å². The van der Waals surface area contributed by atoms with E-state index in [4.69, 9.17) is 27.9 Å². The van der Waals surface area contributed by atoms with Crippen LogP contribution < -0.4 is 4.65 Å². The predicted molar refractivity (Wildman–Crippen MR) is 114 cm³/mol. The molecule has 0 bridgehead atoms. The monoisotopic (exact) mass is 404 g/mol. The molecular weight excluding hydrogens is 370 g/mol. The highest BCUT2D eigenvalue weighted by molar-refractivity contribution is 6.38. The van der Waals surface area contributed by atoms with Crippen molar-refractivity contribution in [2.75, 3.05) is 6.61 Å². The smallest absolute Gasteiger partial charge is 0.512 e. The molecule has 0 saturated carbocycles. The van der Waals surface area contributed by atoms with Gasteiger partial charge in [0.25, 0.3) is 0 Å². The molecular formula is C21H34B2O6. The summed E-state index contributed by atoms with van der Waals surface area (Å²) < 4.78 is 35.5. The van der Waals surface area contributed by atoms with Crippen LogP contribution in [0.25, 0.3) is 0 Å². The van der Waals surface area contributed by atoms with Crippen LogP contribution in [0, 0.1) is 0 Å². The molecule has 0 atom stereocenters. The largest absolute Gasteiger partial charge is 0.714 e. The standard InChI is InChI=1S/C21H34B2O6/c1-18(2)19(3,4)27-22(26-18)24-15-11-13-16-12-9-10-14-17(16)25-23-28-20(5,6)21(7,8)29-23/h9-10,12,14H,11,13,15H2,1-8H3. The summed E-state index contributed by atoms with van der Waals surface area (Å²) in [6, 6.07) is 7.94. The van der Waals surface area contributed by atoms with E-state index in [1.807, 2.05) is 73.6 Å². The van der Waals surface area contributed by atoms with Gasteiger partial charge in [0.05, 0.1) is 22.4 Å². The van der Waals surface area contributed by atoms with E-state index in [-0.39, 0.29) is 11.2 Å². The van der Waals surface area contributed by atoms with Crippen molar-refractivity contribution in [3.8, 4) is 5.75 Å². The summed E-state index contributed by atoms with van der Waals surface area (Å²) >= 11 is 0. The second-order valence-corrected chi connectivity index (χ2v) is 9.79. The van der Waals surface area contributed by atoms with Gasteiger partial charge in [-0.25, -0.2) is 0 Å². The van der Waals surface area contributed by atoms with Crippen molar-refractivity contribution >= 4 is 14.6 Å². The normalized spacial score (nSPS) is 24.1. The SMILES string of the molecule is CC1(C)OB(OCCCc2ccccc2OB2OC(C)(C)C(C)(C)O2)OC1(C)C. The van der Waals surface area contributed by atoms with E-state index in [1.54, 1.807) is 0 Å². The van der Waals surface area contributed by atoms with Gasteiger partial charge in [-0.15, -0.1) is 0 Å². The molecule has 8 heteroatoms. The number of para-hydroxylation sites is 1. The summed E-state index contributed by atoms with van der Waals surface area (Å²) in [5, 5.41) is 0. The summed E-state index contributed by atoms with van der Waals surface area (Å²) in [6.07, 6.45) is 1.61. The van der Waals surface area contributed by atoms with Crippen LogP contribution in [0.4, 0.5) is 0 Å². The minimum atomic E-state index is -0.720. The summed E-state index contributed by atoms with van der Waals surface area (Å²) in [5.41, 5.74) is -0.547. The molecule has 0 aromatic heterocycles. The third-order valence-corrected chi connectivity index (χ3v) is 6.50. The average Bonchev–Trinajstić information content (AvgIpc) is 2.91. The van der Waals surface area contributed by atoms with Crippen LogP contribution in [0.15, 0.2) is 24.3 Å². The lowest BCUT2D eigenvalue weighted by Crippen LogP contribution is -2.41. The van der Waals surface area contributed by atoms with Crippen molar-refractivity contribution < 1.29 is 27.9 Å². The first kappa shape index (κ1) is 22.6. The van der Waals surface area contributed by atoms with Crippen LogP contribution in [-0.2, 0) is 29.7 Å². The number of benzene rings is 1. The Morgan fingerprint density at radius 1 is 0.724 bits per heavy atom. The number of rotatable bonds is 7. The van der Waals surface area contributed by atoms with E-state index in [0.29, 0.717) is 6.61 Å². The lowest BCUT2D eigenvalue weighted by atomic mass is 9.90.